The summed E-state index contributed by atoms with van der Waals surface area (Å²) in [6.07, 6.45) is 5.33. The molecule has 1 saturated carbocycles. The molecule has 4 atom stereocenters. The summed E-state index contributed by atoms with van der Waals surface area (Å²) in [7, 11) is 3.16. The van der Waals surface area contributed by atoms with E-state index in [1.165, 1.54) is 11.0 Å². The average molecular weight is 481 g/mol. The highest BCUT2D eigenvalue weighted by atomic mass is 16.3. The van der Waals surface area contributed by atoms with Gasteiger partial charge in [0.25, 0.3) is 5.91 Å². The summed E-state index contributed by atoms with van der Waals surface area (Å²) >= 11 is 0. The van der Waals surface area contributed by atoms with Crippen LogP contribution < -0.4 is 5.73 Å². The number of allylic oxidation sites excluding steroid dienone is 2. The van der Waals surface area contributed by atoms with Crippen molar-refractivity contribution >= 4 is 28.8 Å². The van der Waals surface area contributed by atoms with Gasteiger partial charge in [-0.05, 0) is 74.9 Å². The summed E-state index contributed by atoms with van der Waals surface area (Å²) in [5.74, 6) is -6.39. The summed E-state index contributed by atoms with van der Waals surface area (Å²) < 4.78 is 0. The molecule has 9 heteroatoms. The zero-order valence-electron chi connectivity index (χ0n) is 19.5. The van der Waals surface area contributed by atoms with Gasteiger partial charge < -0.3 is 26.2 Å². The van der Waals surface area contributed by atoms with Crippen LogP contribution >= 0.6 is 0 Å². The van der Waals surface area contributed by atoms with Crippen molar-refractivity contribution < 1.29 is 34.8 Å². The van der Waals surface area contributed by atoms with Crippen LogP contribution in [0.3, 0.4) is 0 Å². The molecule has 0 unspecified atom stereocenters. The number of likely N-dealkylation sites (N-methyl/N-ethyl adjacent to an activating group) is 1. The van der Waals surface area contributed by atoms with E-state index in [0.29, 0.717) is 12.0 Å². The predicted molar refractivity (Wildman–Crippen MR) is 126 cm³/mol. The Balaban J connectivity index is 1.73. The number of phenolic OH excluding ortho intramolecular Hbond substituents is 1. The molecule has 0 saturated heterocycles. The lowest BCUT2D eigenvalue weighted by atomic mass is 9.57. The highest BCUT2D eigenvalue weighted by Gasteiger charge is 2.64. The number of carbonyl (C=O) groups excluding carboxylic acids is 3. The molecule has 1 aromatic carbocycles. The zero-order chi connectivity index (χ0) is 25.4. The second-order valence-electron chi connectivity index (χ2n) is 10.1. The van der Waals surface area contributed by atoms with E-state index in [9.17, 15) is 34.8 Å². The normalized spacial score (nSPS) is 30.3. The van der Waals surface area contributed by atoms with E-state index in [1.807, 2.05) is 6.07 Å². The van der Waals surface area contributed by atoms with E-state index >= 15 is 0 Å². The number of Topliss-reactive ketones (excluding diaryl/α,β-unsaturated/α-hetero) is 2. The molecule has 4 aliphatic carbocycles. The number of hydrogen-bond acceptors (Lipinski definition) is 8. The minimum atomic E-state index is -2.62. The van der Waals surface area contributed by atoms with Gasteiger partial charge in [0.15, 0.2) is 11.4 Å². The third-order valence-corrected chi connectivity index (χ3v) is 7.99. The van der Waals surface area contributed by atoms with Crippen LogP contribution in [-0.4, -0.2) is 68.5 Å². The molecule has 184 valence electrons. The van der Waals surface area contributed by atoms with Crippen LogP contribution in [-0.2, 0) is 20.8 Å². The first kappa shape index (κ1) is 23.3. The van der Waals surface area contributed by atoms with Crippen molar-refractivity contribution in [2.75, 3.05) is 14.1 Å². The molecule has 6 N–H and O–H groups in total. The van der Waals surface area contributed by atoms with Crippen LogP contribution in [0, 0.1) is 11.8 Å². The van der Waals surface area contributed by atoms with Gasteiger partial charge in [0.1, 0.15) is 22.8 Å². The fraction of sp³-hybridized carbons (Fsp3) is 0.423. The summed E-state index contributed by atoms with van der Waals surface area (Å²) in [6, 6.07) is 2.19. The molecule has 0 aromatic heterocycles. The van der Waals surface area contributed by atoms with E-state index in [1.54, 1.807) is 14.1 Å². The van der Waals surface area contributed by atoms with Gasteiger partial charge in [0.05, 0.1) is 11.6 Å². The monoisotopic (exact) mass is 480 g/mol. The summed E-state index contributed by atoms with van der Waals surface area (Å²) in [6.45, 7) is 0. The third-order valence-electron chi connectivity index (χ3n) is 7.99. The fourth-order valence-corrected chi connectivity index (χ4v) is 6.46. The minimum absolute atomic E-state index is 0.0832. The Kier molecular flexibility index (Phi) is 5.19. The van der Waals surface area contributed by atoms with Crippen molar-refractivity contribution in [3.8, 4) is 5.75 Å². The van der Waals surface area contributed by atoms with Crippen LogP contribution in [0.4, 0.5) is 0 Å². The number of ketones is 2. The van der Waals surface area contributed by atoms with E-state index in [4.69, 9.17) is 5.73 Å². The Morgan fingerprint density at radius 3 is 2.49 bits per heavy atom. The van der Waals surface area contributed by atoms with Gasteiger partial charge in [-0.2, -0.15) is 0 Å². The maximum absolute atomic E-state index is 13.8. The number of nitrogens with zero attached hydrogens (tertiary/aromatic N) is 1. The molecular formula is C26H28N2O7. The van der Waals surface area contributed by atoms with Gasteiger partial charge in [-0.25, -0.2) is 0 Å². The number of hydrogen-bond donors (Lipinski definition) is 5. The number of rotatable bonds is 3. The van der Waals surface area contributed by atoms with Gasteiger partial charge in [-0.15, -0.1) is 0 Å². The first-order valence-corrected chi connectivity index (χ1v) is 11.7. The van der Waals surface area contributed by atoms with Gasteiger partial charge >= 0.3 is 0 Å². The molecule has 5 rings (SSSR count). The molecular weight excluding hydrogens is 452 g/mol. The first-order valence-electron chi connectivity index (χ1n) is 11.7. The third kappa shape index (κ3) is 3.04. The standard InChI is InChI=1S/C26H28N2O7/c1-28(2)20-15-10-12-9-14-13(11-5-3-4-6-11)7-8-16(29)18(14)21(30)17(12)23(32)26(15,35)24(33)19(22(20)31)25(27)34/h5,7-8,12,15,20,29-30,33,35H,3-4,6,9-10H2,1-2H3,(H2,27,34)/t12-,15-,20-,26-/m0/s1. The highest BCUT2D eigenvalue weighted by Crippen LogP contribution is 2.53. The Morgan fingerprint density at radius 1 is 1.17 bits per heavy atom. The number of phenols is 1. The van der Waals surface area contributed by atoms with E-state index < -0.39 is 58.0 Å². The van der Waals surface area contributed by atoms with Crippen LogP contribution in [0.1, 0.15) is 42.4 Å². The largest absolute Gasteiger partial charge is 0.508 e. The number of aromatic hydroxyl groups is 1. The van der Waals surface area contributed by atoms with Crippen LogP contribution in [0.2, 0.25) is 0 Å². The van der Waals surface area contributed by atoms with E-state index in [-0.39, 0.29) is 23.3 Å². The Hall–Kier alpha value is -3.43. The first-order chi connectivity index (χ1) is 16.5. The molecule has 0 heterocycles. The molecule has 0 spiro atoms. The number of aliphatic hydroxyl groups is 3. The zero-order valence-corrected chi connectivity index (χ0v) is 19.5. The van der Waals surface area contributed by atoms with Crippen LogP contribution in [0.15, 0.2) is 35.1 Å². The maximum Gasteiger partial charge on any atom is 0.255 e. The number of aliphatic hydroxyl groups excluding tert-OH is 2. The number of carbonyl (C=O) groups is 3. The Labute approximate surface area is 201 Å². The van der Waals surface area contributed by atoms with Gasteiger partial charge in [-0.1, -0.05) is 12.1 Å². The van der Waals surface area contributed by atoms with Crippen molar-refractivity contribution in [1.29, 1.82) is 0 Å². The van der Waals surface area contributed by atoms with Crippen molar-refractivity contribution in [2.45, 2.75) is 43.7 Å². The minimum Gasteiger partial charge on any atom is -0.508 e. The number of benzene rings is 1. The predicted octanol–water partition coefficient (Wildman–Crippen LogP) is 1.53. The molecule has 1 aromatic rings. The van der Waals surface area contributed by atoms with Crippen molar-refractivity contribution in [3.63, 3.8) is 0 Å². The molecule has 4 aliphatic rings. The smallest absolute Gasteiger partial charge is 0.255 e. The topological polar surface area (TPSA) is 161 Å². The number of amides is 1. The Morgan fingerprint density at radius 2 is 1.89 bits per heavy atom. The van der Waals surface area contributed by atoms with Gasteiger partial charge in [-0.3, -0.25) is 19.3 Å². The molecule has 1 fully saturated rings. The molecule has 0 aliphatic heterocycles. The lowest BCUT2D eigenvalue weighted by Gasteiger charge is -2.50. The molecule has 0 bridgehead atoms. The SMILES string of the molecule is CN(C)[C@@H]1C(=O)C(C(N)=O)=C(O)[C@@]2(O)C(=O)C3=C(O)c4c(O)ccc(C5=CCCC5)c4C[C@H]3C[C@@H]12. The van der Waals surface area contributed by atoms with Crippen molar-refractivity contribution in [3.05, 3.63) is 51.8 Å². The molecule has 35 heavy (non-hydrogen) atoms. The molecule has 9 nitrogen and oxygen atoms in total. The van der Waals surface area contributed by atoms with Crippen LogP contribution in [0.5, 0.6) is 5.75 Å². The van der Waals surface area contributed by atoms with Crippen LogP contribution in [0.25, 0.3) is 11.3 Å². The quantitative estimate of drug-likeness (QED) is 0.407. The number of primary amides is 1. The summed E-state index contributed by atoms with van der Waals surface area (Å²) in [5.41, 5.74) is 4.62. The van der Waals surface area contributed by atoms with E-state index in [2.05, 4.69) is 6.08 Å². The lowest BCUT2D eigenvalue weighted by molar-refractivity contribution is -0.153. The second kappa shape index (κ2) is 7.79. The molecule has 1 amide bonds. The van der Waals surface area contributed by atoms with Crippen molar-refractivity contribution in [1.82, 2.24) is 4.90 Å². The van der Waals surface area contributed by atoms with Gasteiger partial charge in [0, 0.05) is 11.5 Å². The lowest BCUT2D eigenvalue weighted by Crippen LogP contribution is -2.65. The fourth-order valence-electron chi connectivity index (χ4n) is 6.46. The summed E-state index contributed by atoms with van der Waals surface area (Å²) in [4.78, 5) is 40.5. The van der Waals surface area contributed by atoms with Gasteiger partial charge in [0.2, 0.25) is 5.78 Å². The summed E-state index contributed by atoms with van der Waals surface area (Å²) in [5, 5.41) is 44.4. The maximum atomic E-state index is 13.8. The number of fused-ring (bicyclic) bond motifs is 3. The highest BCUT2D eigenvalue weighted by molar-refractivity contribution is 6.24. The average Bonchev–Trinajstić information content (AvgIpc) is 3.30. The van der Waals surface area contributed by atoms with Crippen molar-refractivity contribution in [2.24, 2.45) is 17.6 Å². The van der Waals surface area contributed by atoms with E-state index in [0.717, 1.165) is 30.4 Å². The number of nitrogens with two attached hydrogens (primary N) is 1. The second-order valence-corrected chi connectivity index (χ2v) is 10.1. The Bertz CT molecular complexity index is 1290. The molecule has 0 radical (unpaired) electrons.